The predicted octanol–water partition coefficient (Wildman–Crippen LogP) is 14.0. The zero-order valence-corrected chi connectivity index (χ0v) is 51.6. The number of aliphatic hydroxyl groups excluding tert-OH is 2. The van der Waals surface area contributed by atoms with Crippen molar-refractivity contribution in [3.05, 3.63) is 41.9 Å². The first-order valence-electron chi connectivity index (χ1n) is 29.4. The van der Waals surface area contributed by atoms with Gasteiger partial charge in [0.2, 0.25) is 0 Å². The normalized spacial score (nSPS) is 18.8. The van der Waals surface area contributed by atoms with Gasteiger partial charge in [-0.25, -0.2) is 0 Å². The summed E-state index contributed by atoms with van der Waals surface area (Å²) in [6.45, 7) is 36.2. The standard InChI is InChI=1S/C16H33NO2.C16H31NO2.C11H22.C11H21.C6H11NO2.2Mg.H2.3H/c2*1-3-6-15(7-4-2)8-5-9-16-14-19-13-11-17(16)10-12-18;2*1-4-7-10-11(8-5-2)9-6-3;1-3-8-5-6-7(1)2-4-9-6;;;;;;/h15-16,18H,3-14H2,1-2H3;8,16,18H,3-7,9-14H2,1-2H3;10H,4-9H2,1-3H3;10H,1,4-9H2,2-3H3;6H,1-5H2;;;1H;;;/q;;;-1;;2*+2;;3*-1. The zero-order chi connectivity index (χ0) is 51.0. The van der Waals surface area contributed by atoms with Crippen LogP contribution in [0, 0.1) is 12.8 Å². The molecular formula is C60H123Mg2N3O6. The van der Waals surface area contributed by atoms with Gasteiger partial charge >= 0.3 is 46.1 Å². The number of ether oxygens (including phenoxy) is 4. The van der Waals surface area contributed by atoms with Gasteiger partial charge in [0.25, 0.3) is 0 Å². The van der Waals surface area contributed by atoms with Crippen molar-refractivity contribution < 1.29 is 34.9 Å². The third kappa shape index (κ3) is 41.2. The molecule has 2 N–H and O–H groups in total. The number of allylic oxidation sites excluding steroid dienone is 6. The molecule has 4 rings (SSSR count). The van der Waals surface area contributed by atoms with E-state index >= 15 is 0 Å². The van der Waals surface area contributed by atoms with Gasteiger partial charge in [-0.2, -0.15) is 6.42 Å². The van der Waals surface area contributed by atoms with Gasteiger partial charge in [0, 0.05) is 52.8 Å². The Morgan fingerprint density at radius 3 is 1.38 bits per heavy atom. The molecule has 4 saturated heterocycles. The maximum Gasteiger partial charge on any atom is 2.00 e. The molecule has 4 aliphatic heterocycles. The fourth-order valence-electron chi connectivity index (χ4n) is 10.0. The molecule has 0 aromatic rings. The van der Waals surface area contributed by atoms with Crippen LogP contribution >= 0.6 is 0 Å². The first-order valence-corrected chi connectivity index (χ1v) is 29.4. The second-order valence-corrected chi connectivity index (χ2v) is 19.9. The minimum Gasteiger partial charge on any atom is -1.00 e. The predicted molar refractivity (Wildman–Crippen MR) is 315 cm³/mol. The largest absolute Gasteiger partial charge is 2.00 e. The van der Waals surface area contributed by atoms with E-state index < -0.39 is 0 Å². The van der Waals surface area contributed by atoms with E-state index in [2.05, 4.69) is 102 Å². The van der Waals surface area contributed by atoms with Gasteiger partial charge in [0.15, 0.2) is 0 Å². The first kappa shape index (κ1) is 75.6. The Kier molecular flexibility index (Phi) is 60.3. The number of aliphatic hydroxyl groups is 2. The van der Waals surface area contributed by atoms with Crippen LogP contribution in [-0.4, -0.2) is 188 Å². The molecule has 71 heavy (non-hydrogen) atoms. The summed E-state index contributed by atoms with van der Waals surface area (Å²) < 4.78 is 21.7. The van der Waals surface area contributed by atoms with Crippen LogP contribution < -0.4 is 0 Å². The Morgan fingerprint density at radius 2 is 0.958 bits per heavy atom. The van der Waals surface area contributed by atoms with Crippen LogP contribution in [0.4, 0.5) is 0 Å². The van der Waals surface area contributed by atoms with E-state index in [9.17, 15) is 0 Å². The Bertz CT molecular complexity index is 1140. The molecule has 3 unspecified atom stereocenters. The molecule has 0 amide bonds. The van der Waals surface area contributed by atoms with Crippen molar-refractivity contribution in [3.63, 3.8) is 0 Å². The SMILES string of the molecule is C1CN2CCOC2CO1.CCCC(=CCCC1COCCN1CCO)CCC.CCCC(CCC)CCCC1COCCN1CCO.CCCC=C(CCC)CCC.[CH2-]CCC=C(CCC)CCC.[H-].[H-].[H-].[HH].[Mg+2].[Mg+2]. The van der Waals surface area contributed by atoms with E-state index in [0.29, 0.717) is 12.1 Å². The van der Waals surface area contributed by atoms with Crippen molar-refractivity contribution >= 4 is 46.1 Å². The monoisotopic (exact) mass is 1030 g/mol. The molecule has 0 aromatic carbocycles. The molecule has 0 aliphatic carbocycles. The molecule has 4 aliphatic rings. The molecular weight excluding hydrogens is 907 g/mol. The van der Waals surface area contributed by atoms with Gasteiger partial charge in [-0.15, -0.1) is 0 Å². The second-order valence-electron chi connectivity index (χ2n) is 19.9. The van der Waals surface area contributed by atoms with Crippen molar-refractivity contribution in [2.24, 2.45) is 5.92 Å². The molecule has 0 saturated carbocycles. The smallest absolute Gasteiger partial charge is 1.00 e. The van der Waals surface area contributed by atoms with Gasteiger partial charge in [-0.05, 0) is 70.1 Å². The Morgan fingerprint density at radius 1 is 0.535 bits per heavy atom. The Balaban J connectivity index is -0.000000155. The number of unbranched alkanes of at least 4 members (excludes halogenated alkanes) is 2. The molecule has 4 fully saturated rings. The van der Waals surface area contributed by atoms with Gasteiger partial charge in [0.05, 0.1) is 59.5 Å². The molecule has 4 heterocycles. The van der Waals surface area contributed by atoms with Crippen molar-refractivity contribution in [2.45, 2.75) is 241 Å². The number of rotatable bonds is 31. The van der Waals surface area contributed by atoms with E-state index in [1.54, 1.807) is 16.7 Å². The summed E-state index contributed by atoms with van der Waals surface area (Å²) in [5.41, 5.74) is 4.94. The quantitative estimate of drug-likeness (QED) is 0.0400. The number of hydrogen-bond donors (Lipinski definition) is 2. The Labute approximate surface area is 480 Å². The Hall–Kier alpha value is 0.392. The fraction of sp³-hybridized carbons (Fsp3) is 0.883. The van der Waals surface area contributed by atoms with E-state index in [1.807, 2.05) is 0 Å². The summed E-state index contributed by atoms with van der Waals surface area (Å²) in [5.74, 6) is 0.922. The molecule has 0 aromatic heterocycles. The van der Waals surface area contributed by atoms with E-state index in [-0.39, 0.29) is 71.3 Å². The minimum absolute atomic E-state index is 0. The average molecular weight is 1030 g/mol. The maximum absolute atomic E-state index is 9.11. The van der Waals surface area contributed by atoms with Crippen molar-refractivity contribution in [1.82, 2.24) is 14.7 Å². The number of nitrogens with zero attached hydrogens (tertiary/aromatic N) is 3. The van der Waals surface area contributed by atoms with Crippen LogP contribution in [0.15, 0.2) is 34.9 Å². The van der Waals surface area contributed by atoms with Crippen molar-refractivity contribution in [3.8, 4) is 0 Å². The molecule has 11 heteroatoms. The number of hydrogen-bond acceptors (Lipinski definition) is 9. The van der Waals surface area contributed by atoms with Crippen LogP contribution in [0.25, 0.3) is 0 Å². The average Bonchev–Trinajstić information content (AvgIpc) is 3.85. The summed E-state index contributed by atoms with van der Waals surface area (Å²) in [5, 5.41) is 18.2. The van der Waals surface area contributed by atoms with Crippen LogP contribution in [-0.2, 0) is 18.9 Å². The van der Waals surface area contributed by atoms with E-state index in [0.717, 1.165) is 117 Å². The van der Waals surface area contributed by atoms with Crippen LogP contribution in [0.5, 0.6) is 0 Å². The van der Waals surface area contributed by atoms with Crippen molar-refractivity contribution in [1.29, 1.82) is 0 Å². The molecule has 0 spiro atoms. The summed E-state index contributed by atoms with van der Waals surface area (Å²) in [4.78, 5) is 7.10. The summed E-state index contributed by atoms with van der Waals surface area (Å²) in [6.07, 6.45) is 39.2. The van der Waals surface area contributed by atoms with E-state index in [4.69, 9.17) is 29.2 Å². The molecule has 0 radical (unpaired) electrons. The summed E-state index contributed by atoms with van der Waals surface area (Å²) in [6, 6.07) is 1.02. The zero-order valence-electron chi connectivity index (χ0n) is 51.8. The third-order valence-electron chi connectivity index (χ3n) is 13.6. The third-order valence-corrected chi connectivity index (χ3v) is 13.6. The second kappa shape index (κ2) is 56.6. The maximum atomic E-state index is 9.11. The van der Waals surface area contributed by atoms with Gasteiger partial charge in [0.1, 0.15) is 6.23 Å². The number of β-amino-alcohol motifs (C(OH)–C–C–N with tert-alkyl or cyclic N) is 2. The number of morpholine rings is 3. The van der Waals surface area contributed by atoms with Crippen molar-refractivity contribution in [2.75, 3.05) is 98.7 Å². The van der Waals surface area contributed by atoms with Crippen LogP contribution in [0.2, 0.25) is 0 Å². The van der Waals surface area contributed by atoms with Crippen LogP contribution in [0.3, 0.4) is 0 Å². The topological polar surface area (TPSA) is 87.1 Å². The molecule has 9 nitrogen and oxygen atoms in total. The van der Waals surface area contributed by atoms with Gasteiger partial charge < -0.3 is 40.4 Å². The summed E-state index contributed by atoms with van der Waals surface area (Å²) >= 11 is 0. The van der Waals surface area contributed by atoms with E-state index in [1.165, 1.54) is 135 Å². The minimum atomic E-state index is 0. The summed E-state index contributed by atoms with van der Waals surface area (Å²) in [7, 11) is 0. The first-order chi connectivity index (χ1) is 33.8. The number of fused-ring (bicyclic) bond motifs is 1. The van der Waals surface area contributed by atoms with Gasteiger partial charge in [-0.1, -0.05) is 187 Å². The fourth-order valence-corrected chi connectivity index (χ4v) is 10.0. The molecule has 3 atom stereocenters. The molecule has 418 valence electrons. The van der Waals surface area contributed by atoms with Gasteiger partial charge in [-0.3, -0.25) is 14.7 Å². The molecule has 0 bridgehead atoms. The van der Waals surface area contributed by atoms with Crippen LogP contribution in [0.1, 0.15) is 229 Å².